The second kappa shape index (κ2) is 3.71. The predicted molar refractivity (Wildman–Crippen MR) is 48.7 cm³/mol. The van der Waals surface area contributed by atoms with Gasteiger partial charge in [0, 0.05) is 12.1 Å². The Morgan fingerprint density at radius 2 is 2.31 bits per heavy atom. The van der Waals surface area contributed by atoms with Crippen molar-refractivity contribution in [1.29, 1.82) is 0 Å². The molecule has 68 valence electrons. The third-order valence-electron chi connectivity index (χ3n) is 1.58. The molecule has 0 heterocycles. The van der Waals surface area contributed by atoms with Gasteiger partial charge in [0.15, 0.2) is 0 Å². The van der Waals surface area contributed by atoms with Gasteiger partial charge in [-0.05, 0) is 18.6 Å². The molecule has 1 rings (SSSR count). The van der Waals surface area contributed by atoms with Gasteiger partial charge < -0.3 is 4.74 Å². The minimum Gasteiger partial charge on any atom is -0.465 e. The second-order valence-corrected chi connectivity index (χ2v) is 2.49. The van der Waals surface area contributed by atoms with E-state index in [0.717, 1.165) is 0 Å². The Hall–Kier alpha value is -1.84. The molecule has 1 aromatic rings. The van der Waals surface area contributed by atoms with Gasteiger partial charge in [0.1, 0.15) is 5.75 Å². The van der Waals surface area contributed by atoms with E-state index in [1.807, 2.05) is 0 Å². The van der Waals surface area contributed by atoms with Crippen LogP contribution in [-0.2, 0) is 0 Å². The van der Waals surface area contributed by atoms with Gasteiger partial charge in [-0.3, -0.25) is 10.1 Å². The monoisotopic (exact) mass is 179 g/mol. The number of hydrogen-bond donors (Lipinski definition) is 0. The first-order valence-corrected chi connectivity index (χ1v) is 3.67. The summed E-state index contributed by atoms with van der Waals surface area (Å²) in [6.07, 6.45) is 1.29. The van der Waals surface area contributed by atoms with E-state index >= 15 is 0 Å². The first kappa shape index (κ1) is 9.25. The van der Waals surface area contributed by atoms with Crippen molar-refractivity contribution in [1.82, 2.24) is 0 Å². The smallest absolute Gasteiger partial charge is 0.269 e. The third kappa shape index (κ3) is 2.05. The van der Waals surface area contributed by atoms with Crippen molar-refractivity contribution in [2.75, 3.05) is 0 Å². The van der Waals surface area contributed by atoms with Gasteiger partial charge in [-0.1, -0.05) is 6.58 Å². The molecular formula is C9H9NO3. The highest BCUT2D eigenvalue weighted by atomic mass is 16.6. The molecule has 0 atom stereocenters. The summed E-state index contributed by atoms with van der Waals surface area (Å²) in [5, 5.41) is 10.4. The maximum Gasteiger partial charge on any atom is 0.269 e. The molecule has 0 unspecified atom stereocenters. The quantitative estimate of drug-likeness (QED) is 0.406. The lowest BCUT2D eigenvalue weighted by molar-refractivity contribution is -0.384. The molecule has 0 aliphatic rings. The molecule has 0 saturated heterocycles. The fourth-order valence-corrected chi connectivity index (χ4v) is 0.969. The second-order valence-electron chi connectivity index (χ2n) is 2.49. The summed E-state index contributed by atoms with van der Waals surface area (Å²) >= 11 is 0. The van der Waals surface area contributed by atoms with Crippen molar-refractivity contribution in [3.8, 4) is 5.75 Å². The van der Waals surface area contributed by atoms with Crippen LogP contribution in [0.15, 0.2) is 31.0 Å². The molecule has 0 aromatic heterocycles. The maximum atomic E-state index is 10.4. The summed E-state index contributed by atoms with van der Waals surface area (Å²) in [5.41, 5.74) is 0.781. The van der Waals surface area contributed by atoms with Crippen LogP contribution in [0, 0.1) is 17.0 Å². The highest BCUT2D eigenvalue weighted by Gasteiger charge is 2.07. The number of benzene rings is 1. The van der Waals surface area contributed by atoms with Gasteiger partial charge in [-0.15, -0.1) is 0 Å². The number of non-ortho nitro benzene ring substituents is 1. The number of ether oxygens (including phenoxy) is 1. The van der Waals surface area contributed by atoms with Crippen LogP contribution >= 0.6 is 0 Å². The molecule has 0 radical (unpaired) electrons. The number of rotatable bonds is 3. The summed E-state index contributed by atoms with van der Waals surface area (Å²) < 4.78 is 5.01. The Labute approximate surface area is 75.6 Å². The Kier molecular flexibility index (Phi) is 2.64. The molecule has 0 fully saturated rings. The van der Waals surface area contributed by atoms with Crippen LogP contribution < -0.4 is 4.74 Å². The largest absolute Gasteiger partial charge is 0.465 e. The molecule has 0 spiro atoms. The highest BCUT2D eigenvalue weighted by Crippen LogP contribution is 2.22. The minimum absolute atomic E-state index is 0.0638. The van der Waals surface area contributed by atoms with Crippen LogP contribution in [0.5, 0.6) is 5.75 Å². The van der Waals surface area contributed by atoms with Crippen LogP contribution in [-0.4, -0.2) is 4.92 Å². The van der Waals surface area contributed by atoms with Gasteiger partial charge in [0.2, 0.25) is 0 Å². The first-order valence-electron chi connectivity index (χ1n) is 3.67. The zero-order valence-corrected chi connectivity index (χ0v) is 7.19. The molecule has 0 amide bonds. The van der Waals surface area contributed by atoms with Crippen molar-refractivity contribution < 1.29 is 9.66 Å². The van der Waals surface area contributed by atoms with Crippen molar-refractivity contribution in [2.45, 2.75) is 6.92 Å². The number of hydrogen-bond acceptors (Lipinski definition) is 3. The fraction of sp³-hybridized carbons (Fsp3) is 0.111. The first-order chi connectivity index (χ1) is 6.15. The summed E-state index contributed by atoms with van der Waals surface area (Å²) in [5.74, 6) is 0.584. The van der Waals surface area contributed by atoms with Crippen LogP contribution in [0.1, 0.15) is 5.56 Å². The van der Waals surface area contributed by atoms with E-state index < -0.39 is 4.92 Å². The molecule has 1 aromatic carbocycles. The predicted octanol–water partition coefficient (Wildman–Crippen LogP) is 2.43. The Bertz CT molecular complexity index is 347. The number of aryl methyl sites for hydroxylation is 1. The van der Waals surface area contributed by atoms with Crippen LogP contribution in [0.25, 0.3) is 0 Å². The highest BCUT2D eigenvalue weighted by molar-refractivity contribution is 5.43. The summed E-state index contributed by atoms with van der Waals surface area (Å²) in [6.45, 7) is 5.14. The van der Waals surface area contributed by atoms with Crippen LogP contribution in [0.3, 0.4) is 0 Å². The van der Waals surface area contributed by atoms with E-state index in [4.69, 9.17) is 4.74 Å². The van der Waals surface area contributed by atoms with Gasteiger partial charge in [-0.2, -0.15) is 0 Å². The average Bonchev–Trinajstić information content (AvgIpc) is 2.08. The molecule has 4 heteroatoms. The molecule has 0 saturated carbocycles. The van der Waals surface area contributed by atoms with E-state index in [0.29, 0.717) is 11.3 Å². The summed E-state index contributed by atoms with van der Waals surface area (Å²) in [4.78, 5) is 9.93. The normalized spacial score (nSPS) is 9.31. The van der Waals surface area contributed by atoms with Crippen molar-refractivity contribution >= 4 is 5.69 Å². The Balaban J connectivity index is 3.04. The standard InChI is InChI=1S/C9H9NO3/c1-3-13-9-5-4-8(10(11)12)6-7(9)2/h3-6H,1H2,2H3. The van der Waals surface area contributed by atoms with Gasteiger partial charge in [0.05, 0.1) is 11.2 Å². The van der Waals surface area contributed by atoms with Crippen molar-refractivity contribution in [2.24, 2.45) is 0 Å². The fourth-order valence-electron chi connectivity index (χ4n) is 0.969. The van der Waals surface area contributed by atoms with Gasteiger partial charge in [0.25, 0.3) is 5.69 Å². The Morgan fingerprint density at radius 3 is 2.77 bits per heavy atom. The number of nitro benzene ring substituents is 1. The summed E-state index contributed by atoms with van der Waals surface area (Å²) in [7, 11) is 0. The van der Waals surface area contributed by atoms with Gasteiger partial charge in [-0.25, -0.2) is 0 Å². The SMILES string of the molecule is C=COc1ccc([N+](=O)[O-])cc1C. The van der Waals surface area contributed by atoms with Crippen LogP contribution in [0.2, 0.25) is 0 Å². The Morgan fingerprint density at radius 1 is 1.62 bits per heavy atom. The summed E-state index contributed by atoms with van der Waals surface area (Å²) in [6, 6.07) is 4.40. The van der Waals surface area contributed by atoms with E-state index in [9.17, 15) is 10.1 Å². The topological polar surface area (TPSA) is 52.4 Å². The van der Waals surface area contributed by atoms with E-state index in [1.54, 1.807) is 13.0 Å². The van der Waals surface area contributed by atoms with E-state index in [1.165, 1.54) is 18.4 Å². The third-order valence-corrected chi connectivity index (χ3v) is 1.58. The molecule has 0 bridgehead atoms. The molecule has 0 aliphatic heterocycles. The number of nitro groups is 1. The van der Waals surface area contributed by atoms with Gasteiger partial charge >= 0.3 is 0 Å². The van der Waals surface area contributed by atoms with Crippen LogP contribution in [0.4, 0.5) is 5.69 Å². The van der Waals surface area contributed by atoms with E-state index in [2.05, 4.69) is 6.58 Å². The van der Waals surface area contributed by atoms with Crippen molar-refractivity contribution in [3.63, 3.8) is 0 Å². The minimum atomic E-state index is -0.440. The molecular weight excluding hydrogens is 170 g/mol. The lowest BCUT2D eigenvalue weighted by atomic mass is 10.2. The zero-order chi connectivity index (χ0) is 9.84. The average molecular weight is 179 g/mol. The van der Waals surface area contributed by atoms with Crippen molar-refractivity contribution in [3.05, 3.63) is 46.7 Å². The lowest BCUT2D eigenvalue weighted by Gasteiger charge is -2.02. The van der Waals surface area contributed by atoms with E-state index in [-0.39, 0.29) is 5.69 Å². The number of nitrogens with zero attached hydrogens (tertiary/aromatic N) is 1. The molecule has 13 heavy (non-hydrogen) atoms. The maximum absolute atomic E-state index is 10.4. The molecule has 4 nitrogen and oxygen atoms in total. The lowest BCUT2D eigenvalue weighted by Crippen LogP contribution is -1.90. The zero-order valence-electron chi connectivity index (χ0n) is 7.19. The molecule has 0 N–H and O–H groups in total. The molecule has 0 aliphatic carbocycles.